The summed E-state index contributed by atoms with van der Waals surface area (Å²) < 4.78 is 28.2. The van der Waals surface area contributed by atoms with Gasteiger partial charge in [0.15, 0.2) is 0 Å². The van der Waals surface area contributed by atoms with Gasteiger partial charge in [0.2, 0.25) is 5.91 Å². The number of anilines is 1. The van der Waals surface area contributed by atoms with Gasteiger partial charge >= 0.3 is 0 Å². The van der Waals surface area contributed by atoms with Gasteiger partial charge in [-0.3, -0.25) is 9.10 Å². The number of benzene rings is 3. The molecule has 3 aromatic rings. The summed E-state index contributed by atoms with van der Waals surface area (Å²) in [4.78, 5) is 14.7. The van der Waals surface area contributed by atoms with E-state index in [-0.39, 0.29) is 17.3 Å². The zero-order valence-corrected chi connectivity index (χ0v) is 18.0. The highest BCUT2D eigenvalue weighted by Gasteiger charge is 2.29. The number of carbonyl (C=O) groups is 1. The number of aryl methyl sites for hydroxylation is 1. The summed E-state index contributed by atoms with van der Waals surface area (Å²) in [7, 11) is -2.21. The third kappa shape index (κ3) is 4.89. The Bertz CT molecular complexity index is 1080. The fraction of sp³-hybridized carbons (Fsp3) is 0.208. The molecule has 156 valence electrons. The van der Waals surface area contributed by atoms with Crippen LogP contribution in [0.4, 0.5) is 5.69 Å². The first-order valence-corrected chi connectivity index (χ1v) is 11.3. The van der Waals surface area contributed by atoms with Crippen LogP contribution in [0.25, 0.3) is 0 Å². The van der Waals surface area contributed by atoms with Gasteiger partial charge in [-0.1, -0.05) is 73.7 Å². The number of hydrogen-bond donors (Lipinski definition) is 0. The summed E-state index contributed by atoms with van der Waals surface area (Å²) in [5, 5.41) is 0. The Kier molecular flexibility index (Phi) is 6.90. The second-order valence-corrected chi connectivity index (χ2v) is 8.90. The van der Waals surface area contributed by atoms with E-state index < -0.39 is 10.0 Å². The van der Waals surface area contributed by atoms with Gasteiger partial charge in [-0.05, 0) is 35.7 Å². The molecule has 0 aromatic heterocycles. The van der Waals surface area contributed by atoms with Crippen LogP contribution in [0.5, 0.6) is 0 Å². The van der Waals surface area contributed by atoms with Gasteiger partial charge in [-0.25, -0.2) is 8.42 Å². The first kappa shape index (κ1) is 21.6. The molecule has 30 heavy (non-hydrogen) atoms. The lowest BCUT2D eigenvalue weighted by atomic mass is 10.1. The molecule has 0 unspecified atom stereocenters. The third-order valence-electron chi connectivity index (χ3n) is 4.94. The Morgan fingerprint density at radius 2 is 1.40 bits per heavy atom. The minimum atomic E-state index is -3.90. The van der Waals surface area contributed by atoms with Crippen LogP contribution in [0.15, 0.2) is 89.8 Å². The average Bonchev–Trinajstić information content (AvgIpc) is 2.78. The third-order valence-corrected chi connectivity index (χ3v) is 6.71. The van der Waals surface area contributed by atoms with Crippen molar-refractivity contribution in [1.82, 2.24) is 4.90 Å². The van der Waals surface area contributed by atoms with E-state index in [9.17, 15) is 13.2 Å². The van der Waals surface area contributed by atoms with Gasteiger partial charge < -0.3 is 4.90 Å². The van der Waals surface area contributed by atoms with Crippen molar-refractivity contribution in [1.29, 1.82) is 0 Å². The predicted octanol–water partition coefficient (Wildman–Crippen LogP) is 4.10. The maximum Gasteiger partial charge on any atom is 0.264 e. The largest absolute Gasteiger partial charge is 0.340 e. The van der Waals surface area contributed by atoms with Crippen LogP contribution < -0.4 is 4.31 Å². The van der Waals surface area contributed by atoms with Crippen molar-refractivity contribution in [3.05, 3.63) is 96.1 Å². The molecule has 0 aliphatic heterocycles. The highest BCUT2D eigenvalue weighted by Crippen LogP contribution is 2.27. The van der Waals surface area contributed by atoms with Gasteiger partial charge in [0.1, 0.15) is 6.54 Å². The lowest BCUT2D eigenvalue weighted by Gasteiger charge is -2.28. The second kappa shape index (κ2) is 9.59. The van der Waals surface area contributed by atoms with Crippen molar-refractivity contribution >= 4 is 21.6 Å². The van der Waals surface area contributed by atoms with E-state index in [0.717, 1.165) is 11.1 Å². The van der Waals surface area contributed by atoms with E-state index in [1.54, 1.807) is 54.4 Å². The Balaban J connectivity index is 1.95. The predicted molar refractivity (Wildman–Crippen MR) is 120 cm³/mol. The molecule has 0 saturated heterocycles. The molecule has 1 amide bonds. The zero-order valence-electron chi connectivity index (χ0n) is 17.2. The molecular weight excluding hydrogens is 396 g/mol. The van der Waals surface area contributed by atoms with Crippen LogP contribution in [0.3, 0.4) is 0 Å². The number of para-hydroxylation sites is 1. The van der Waals surface area contributed by atoms with Crippen molar-refractivity contribution in [2.45, 2.75) is 24.8 Å². The average molecular weight is 423 g/mol. The minimum Gasteiger partial charge on any atom is -0.340 e. The number of rotatable bonds is 8. The molecule has 6 heteroatoms. The van der Waals surface area contributed by atoms with E-state index in [4.69, 9.17) is 0 Å². The van der Waals surface area contributed by atoms with Crippen molar-refractivity contribution in [2.24, 2.45) is 0 Å². The van der Waals surface area contributed by atoms with Gasteiger partial charge in [-0.15, -0.1) is 0 Å². The fourth-order valence-corrected chi connectivity index (χ4v) is 4.73. The van der Waals surface area contributed by atoms with E-state index in [1.807, 2.05) is 49.4 Å². The Labute approximate surface area is 178 Å². The topological polar surface area (TPSA) is 57.7 Å². The lowest BCUT2D eigenvalue weighted by molar-refractivity contribution is -0.128. The van der Waals surface area contributed by atoms with Crippen LogP contribution in [0.1, 0.15) is 18.1 Å². The van der Waals surface area contributed by atoms with Crippen LogP contribution in [-0.4, -0.2) is 32.8 Å². The summed E-state index contributed by atoms with van der Waals surface area (Å²) in [6.07, 6.45) is 0.658. The fourth-order valence-electron chi connectivity index (χ4n) is 3.26. The van der Waals surface area contributed by atoms with Gasteiger partial charge in [-0.2, -0.15) is 0 Å². The zero-order chi connectivity index (χ0) is 21.6. The molecule has 0 N–H and O–H groups in total. The van der Waals surface area contributed by atoms with E-state index in [1.165, 1.54) is 4.31 Å². The van der Waals surface area contributed by atoms with Gasteiger partial charge in [0, 0.05) is 13.6 Å². The summed E-state index contributed by atoms with van der Waals surface area (Å²) in [5.74, 6) is -0.274. The molecule has 0 heterocycles. The van der Waals surface area contributed by atoms with Gasteiger partial charge in [0.05, 0.1) is 10.6 Å². The SMILES string of the molecule is CCc1ccccc1N(CC(=O)N(C)Cc1ccccc1)S(=O)(=O)c1ccccc1. The molecule has 0 atom stereocenters. The Morgan fingerprint density at radius 1 is 0.833 bits per heavy atom. The summed E-state index contributed by atoms with van der Waals surface area (Å²) in [5.41, 5.74) is 2.39. The molecule has 0 aliphatic carbocycles. The number of carbonyl (C=O) groups excluding carboxylic acids is 1. The van der Waals surface area contributed by atoms with Crippen molar-refractivity contribution in [3.8, 4) is 0 Å². The molecule has 0 radical (unpaired) electrons. The molecule has 0 bridgehead atoms. The van der Waals surface area contributed by atoms with Crippen molar-refractivity contribution < 1.29 is 13.2 Å². The Morgan fingerprint density at radius 3 is 2.03 bits per heavy atom. The minimum absolute atomic E-state index is 0.161. The van der Waals surface area contributed by atoms with E-state index in [2.05, 4.69) is 0 Å². The maximum atomic E-state index is 13.5. The lowest BCUT2D eigenvalue weighted by Crippen LogP contribution is -2.41. The quantitative estimate of drug-likeness (QED) is 0.549. The first-order valence-electron chi connectivity index (χ1n) is 9.87. The summed E-state index contributed by atoms with van der Waals surface area (Å²) in [6.45, 7) is 2.11. The summed E-state index contributed by atoms with van der Waals surface area (Å²) >= 11 is 0. The van der Waals surface area contributed by atoms with Crippen molar-refractivity contribution in [2.75, 3.05) is 17.9 Å². The van der Waals surface area contributed by atoms with Crippen LogP contribution in [0, 0.1) is 0 Å². The number of sulfonamides is 1. The van der Waals surface area contributed by atoms with Crippen molar-refractivity contribution in [3.63, 3.8) is 0 Å². The molecule has 0 spiro atoms. The molecule has 0 aliphatic rings. The first-order chi connectivity index (χ1) is 14.4. The highest BCUT2D eigenvalue weighted by molar-refractivity contribution is 7.92. The molecule has 5 nitrogen and oxygen atoms in total. The normalized spacial score (nSPS) is 11.1. The molecule has 3 aromatic carbocycles. The molecular formula is C24H26N2O3S. The number of nitrogens with zero attached hydrogens (tertiary/aromatic N) is 2. The molecule has 0 saturated carbocycles. The molecule has 0 fully saturated rings. The standard InChI is InChI=1S/C24H26N2O3S/c1-3-21-14-10-11-17-23(21)26(30(28,29)22-15-8-5-9-16-22)19-24(27)25(2)18-20-12-6-4-7-13-20/h4-17H,3,18-19H2,1-2H3. The van der Waals surface area contributed by atoms with Crippen LogP contribution >= 0.6 is 0 Å². The van der Waals surface area contributed by atoms with Crippen LogP contribution in [0.2, 0.25) is 0 Å². The summed E-state index contributed by atoms with van der Waals surface area (Å²) in [6, 6.07) is 25.2. The number of likely N-dealkylation sites (N-methyl/N-ethyl adjacent to an activating group) is 1. The second-order valence-electron chi connectivity index (χ2n) is 7.04. The van der Waals surface area contributed by atoms with Crippen LogP contribution in [-0.2, 0) is 27.8 Å². The maximum absolute atomic E-state index is 13.5. The number of hydrogen-bond acceptors (Lipinski definition) is 3. The smallest absolute Gasteiger partial charge is 0.264 e. The molecule has 3 rings (SSSR count). The number of amides is 1. The monoisotopic (exact) mass is 422 g/mol. The van der Waals surface area contributed by atoms with E-state index in [0.29, 0.717) is 18.7 Å². The highest BCUT2D eigenvalue weighted by atomic mass is 32.2. The Hall–Kier alpha value is -3.12. The van der Waals surface area contributed by atoms with E-state index >= 15 is 0 Å². The van der Waals surface area contributed by atoms with Gasteiger partial charge in [0.25, 0.3) is 10.0 Å².